The maximum Gasteiger partial charge on any atom is 0.181 e. The molecule has 0 spiro atoms. The Bertz CT molecular complexity index is 668. The lowest BCUT2D eigenvalue weighted by atomic mass is 10.1. The SMILES string of the molecule is Cc1ccc(-c2n[nH]c(-c3cccs3)n2)cc1C. The van der Waals surface area contributed by atoms with Crippen LogP contribution in [-0.4, -0.2) is 15.2 Å². The molecule has 3 aromatic rings. The van der Waals surface area contributed by atoms with Gasteiger partial charge in [-0.1, -0.05) is 18.2 Å². The second kappa shape index (κ2) is 4.38. The van der Waals surface area contributed by atoms with E-state index in [-0.39, 0.29) is 0 Å². The minimum Gasteiger partial charge on any atom is -0.258 e. The van der Waals surface area contributed by atoms with Gasteiger partial charge in [0.25, 0.3) is 0 Å². The summed E-state index contributed by atoms with van der Waals surface area (Å²) in [4.78, 5) is 5.65. The van der Waals surface area contributed by atoms with Crippen molar-refractivity contribution in [3.05, 3.63) is 46.8 Å². The highest BCUT2D eigenvalue weighted by Crippen LogP contribution is 2.24. The van der Waals surface area contributed by atoms with Gasteiger partial charge in [0, 0.05) is 5.56 Å². The standard InChI is InChI=1S/C14H13N3S/c1-9-5-6-11(8-10(9)2)13-15-14(17-16-13)12-4-3-7-18-12/h3-8H,1-2H3,(H,15,16,17). The van der Waals surface area contributed by atoms with Gasteiger partial charge in [-0.2, -0.15) is 5.10 Å². The molecule has 1 N–H and O–H groups in total. The Balaban J connectivity index is 2.00. The van der Waals surface area contributed by atoms with Gasteiger partial charge in [-0.3, -0.25) is 5.10 Å². The van der Waals surface area contributed by atoms with Crippen molar-refractivity contribution in [2.75, 3.05) is 0 Å². The van der Waals surface area contributed by atoms with Crippen LogP contribution in [0.25, 0.3) is 22.1 Å². The molecular weight excluding hydrogens is 242 g/mol. The molecule has 18 heavy (non-hydrogen) atoms. The Morgan fingerprint density at radius 1 is 1.11 bits per heavy atom. The topological polar surface area (TPSA) is 41.6 Å². The zero-order valence-corrected chi connectivity index (χ0v) is 11.1. The maximum atomic E-state index is 4.54. The van der Waals surface area contributed by atoms with Crippen LogP contribution in [0, 0.1) is 13.8 Å². The predicted octanol–water partition coefficient (Wildman–Crippen LogP) is 3.82. The zero-order chi connectivity index (χ0) is 12.5. The van der Waals surface area contributed by atoms with Crippen LogP contribution in [0.3, 0.4) is 0 Å². The summed E-state index contributed by atoms with van der Waals surface area (Å²) in [5, 5.41) is 9.31. The molecule has 3 nitrogen and oxygen atoms in total. The summed E-state index contributed by atoms with van der Waals surface area (Å²) in [5.41, 5.74) is 3.60. The number of H-pyrrole nitrogens is 1. The second-order valence-electron chi connectivity index (χ2n) is 4.28. The van der Waals surface area contributed by atoms with Gasteiger partial charge in [0.05, 0.1) is 4.88 Å². The first-order valence-corrected chi connectivity index (χ1v) is 6.66. The number of nitrogens with zero attached hydrogens (tertiary/aromatic N) is 2. The minimum absolute atomic E-state index is 0.751. The van der Waals surface area contributed by atoms with Gasteiger partial charge in [0.1, 0.15) is 0 Å². The molecule has 0 saturated heterocycles. The summed E-state index contributed by atoms with van der Waals surface area (Å²) in [6, 6.07) is 10.3. The molecule has 2 heterocycles. The monoisotopic (exact) mass is 255 g/mol. The first-order chi connectivity index (χ1) is 8.74. The van der Waals surface area contributed by atoms with Crippen molar-refractivity contribution in [2.45, 2.75) is 13.8 Å². The van der Waals surface area contributed by atoms with Gasteiger partial charge < -0.3 is 0 Å². The summed E-state index contributed by atoms with van der Waals surface area (Å²) in [7, 11) is 0. The summed E-state index contributed by atoms with van der Waals surface area (Å²) in [6.45, 7) is 4.21. The van der Waals surface area contributed by atoms with Gasteiger partial charge in [0.15, 0.2) is 11.6 Å². The normalized spacial score (nSPS) is 10.8. The van der Waals surface area contributed by atoms with E-state index >= 15 is 0 Å². The van der Waals surface area contributed by atoms with E-state index in [1.165, 1.54) is 11.1 Å². The molecule has 0 bridgehead atoms. The van der Waals surface area contributed by atoms with Crippen molar-refractivity contribution in [3.8, 4) is 22.1 Å². The van der Waals surface area contributed by atoms with E-state index in [1.54, 1.807) is 11.3 Å². The van der Waals surface area contributed by atoms with Crippen LogP contribution >= 0.6 is 11.3 Å². The Labute approximate surface area is 110 Å². The van der Waals surface area contributed by atoms with E-state index in [0.29, 0.717) is 0 Å². The van der Waals surface area contributed by atoms with Gasteiger partial charge in [-0.05, 0) is 42.5 Å². The van der Waals surface area contributed by atoms with E-state index in [1.807, 2.05) is 17.5 Å². The van der Waals surface area contributed by atoms with Crippen LogP contribution in [0.4, 0.5) is 0 Å². The number of nitrogens with one attached hydrogen (secondary N) is 1. The van der Waals surface area contributed by atoms with Crippen LogP contribution in [0.15, 0.2) is 35.7 Å². The lowest BCUT2D eigenvalue weighted by Gasteiger charge is -2.01. The van der Waals surface area contributed by atoms with Crippen LogP contribution < -0.4 is 0 Å². The molecule has 0 radical (unpaired) electrons. The highest BCUT2D eigenvalue weighted by atomic mass is 32.1. The van der Waals surface area contributed by atoms with E-state index < -0.39 is 0 Å². The summed E-state index contributed by atoms with van der Waals surface area (Å²) >= 11 is 1.66. The van der Waals surface area contributed by atoms with Gasteiger partial charge >= 0.3 is 0 Å². The Kier molecular flexibility index (Phi) is 2.72. The Hall–Kier alpha value is -1.94. The van der Waals surface area contributed by atoms with Crippen molar-refractivity contribution < 1.29 is 0 Å². The van der Waals surface area contributed by atoms with Gasteiger partial charge in [0.2, 0.25) is 0 Å². The summed E-state index contributed by atoms with van der Waals surface area (Å²) < 4.78 is 0. The van der Waals surface area contributed by atoms with E-state index in [9.17, 15) is 0 Å². The molecule has 0 fully saturated rings. The Morgan fingerprint density at radius 3 is 2.72 bits per heavy atom. The third kappa shape index (κ3) is 1.95. The summed E-state index contributed by atoms with van der Waals surface area (Å²) in [6.07, 6.45) is 0. The highest BCUT2D eigenvalue weighted by Gasteiger charge is 2.08. The molecule has 2 aromatic heterocycles. The molecule has 90 valence electrons. The van der Waals surface area contributed by atoms with Gasteiger partial charge in [-0.25, -0.2) is 4.98 Å². The fraction of sp³-hybridized carbons (Fsp3) is 0.143. The van der Waals surface area contributed by atoms with Crippen molar-refractivity contribution >= 4 is 11.3 Å². The second-order valence-corrected chi connectivity index (χ2v) is 5.23. The first-order valence-electron chi connectivity index (χ1n) is 5.78. The number of benzene rings is 1. The molecule has 1 aromatic carbocycles. The van der Waals surface area contributed by atoms with Crippen LogP contribution in [0.1, 0.15) is 11.1 Å². The highest BCUT2D eigenvalue weighted by molar-refractivity contribution is 7.13. The maximum absolute atomic E-state index is 4.54. The van der Waals surface area contributed by atoms with Gasteiger partial charge in [-0.15, -0.1) is 11.3 Å². The molecule has 0 aliphatic carbocycles. The van der Waals surface area contributed by atoms with Crippen molar-refractivity contribution in [1.82, 2.24) is 15.2 Å². The number of aromatic amines is 1. The molecule has 0 atom stereocenters. The lowest BCUT2D eigenvalue weighted by molar-refractivity contribution is 1.10. The van der Waals surface area contributed by atoms with Crippen LogP contribution in [-0.2, 0) is 0 Å². The van der Waals surface area contributed by atoms with Crippen molar-refractivity contribution in [3.63, 3.8) is 0 Å². The molecule has 0 aliphatic rings. The van der Waals surface area contributed by atoms with Crippen molar-refractivity contribution in [2.24, 2.45) is 0 Å². The average molecular weight is 255 g/mol. The smallest absolute Gasteiger partial charge is 0.181 e. The Morgan fingerprint density at radius 2 is 2.00 bits per heavy atom. The minimum atomic E-state index is 0.751. The van der Waals surface area contributed by atoms with E-state index in [2.05, 4.69) is 47.2 Å². The van der Waals surface area contributed by atoms with E-state index in [0.717, 1.165) is 22.1 Å². The zero-order valence-electron chi connectivity index (χ0n) is 10.3. The van der Waals surface area contributed by atoms with Crippen LogP contribution in [0.5, 0.6) is 0 Å². The number of aromatic nitrogens is 3. The number of aryl methyl sites for hydroxylation is 2. The van der Waals surface area contributed by atoms with Crippen LogP contribution in [0.2, 0.25) is 0 Å². The number of hydrogen-bond acceptors (Lipinski definition) is 3. The third-order valence-electron chi connectivity index (χ3n) is 3.01. The molecule has 4 heteroatoms. The third-order valence-corrected chi connectivity index (χ3v) is 3.88. The van der Waals surface area contributed by atoms with Crippen molar-refractivity contribution in [1.29, 1.82) is 0 Å². The molecule has 0 unspecified atom stereocenters. The fourth-order valence-corrected chi connectivity index (χ4v) is 2.46. The molecular formula is C14H13N3S. The largest absolute Gasteiger partial charge is 0.258 e. The number of rotatable bonds is 2. The predicted molar refractivity (Wildman–Crippen MR) is 74.6 cm³/mol. The molecule has 3 rings (SSSR count). The van der Waals surface area contributed by atoms with E-state index in [4.69, 9.17) is 0 Å². The molecule has 0 aliphatic heterocycles. The first kappa shape index (κ1) is 11.2. The summed E-state index contributed by atoms with van der Waals surface area (Å²) in [5.74, 6) is 1.58. The fourth-order valence-electron chi connectivity index (χ4n) is 1.79. The average Bonchev–Trinajstić information content (AvgIpc) is 3.01. The number of hydrogen-bond donors (Lipinski definition) is 1. The quantitative estimate of drug-likeness (QED) is 0.756. The molecule has 0 amide bonds. The molecule has 0 saturated carbocycles. The lowest BCUT2D eigenvalue weighted by Crippen LogP contribution is -1.85. The number of thiophene rings is 1.